The Morgan fingerprint density at radius 2 is 1.88 bits per heavy atom. The highest BCUT2D eigenvalue weighted by Gasteiger charge is 2.14. The number of esters is 1. The van der Waals surface area contributed by atoms with E-state index in [0.717, 1.165) is 0 Å². The number of benzene rings is 1. The van der Waals surface area contributed by atoms with E-state index < -0.39 is 13.6 Å². The van der Waals surface area contributed by atoms with Gasteiger partial charge in [0.1, 0.15) is 0 Å². The molecule has 6 heteroatoms. The minimum Gasteiger partial charge on any atom is -0.462 e. The second kappa shape index (κ2) is 5.25. The lowest BCUT2D eigenvalue weighted by molar-refractivity contribution is 0.0526. The van der Waals surface area contributed by atoms with E-state index in [0.29, 0.717) is 17.7 Å². The number of carbonyl (C=O) groups excluding carboxylic acids is 1. The van der Waals surface area contributed by atoms with Crippen LogP contribution in [0.2, 0.25) is 0 Å². The molecule has 0 aliphatic rings. The van der Waals surface area contributed by atoms with Crippen LogP contribution in [0.15, 0.2) is 24.3 Å². The Labute approximate surface area is 93.2 Å². The largest absolute Gasteiger partial charge is 0.462 e. The van der Waals surface area contributed by atoms with Crippen molar-refractivity contribution in [2.45, 2.75) is 13.1 Å². The van der Waals surface area contributed by atoms with Crippen molar-refractivity contribution in [1.29, 1.82) is 0 Å². The first-order valence-electron chi connectivity index (χ1n) is 4.73. The van der Waals surface area contributed by atoms with Crippen LogP contribution in [-0.4, -0.2) is 22.4 Å². The molecule has 0 fully saturated rings. The van der Waals surface area contributed by atoms with Gasteiger partial charge in [0.2, 0.25) is 0 Å². The molecular weight excluding hydrogens is 231 g/mol. The summed E-state index contributed by atoms with van der Waals surface area (Å²) in [6.45, 7) is 2.00. The van der Waals surface area contributed by atoms with E-state index >= 15 is 0 Å². The average Bonchev–Trinajstić information content (AvgIpc) is 2.16. The maximum absolute atomic E-state index is 11.3. The number of ether oxygens (including phenoxy) is 1. The van der Waals surface area contributed by atoms with Gasteiger partial charge < -0.3 is 14.5 Å². The predicted octanol–water partition coefficient (Wildman–Crippen LogP) is 1.54. The fraction of sp³-hybridized carbons (Fsp3) is 0.300. The van der Waals surface area contributed by atoms with Gasteiger partial charge in [-0.1, -0.05) is 12.1 Å². The zero-order valence-electron chi connectivity index (χ0n) is 8.79. The fourth-order valence-electron chi connectivity index (χ4n) is 1.20. The second-order valence-electron chi connectivity index (χ2n) is 3.24. The van der Waals surface area contributed by atoms with Gasteiger partial charge in [-0.15, -0.1) is 0 Å². The van der Waals surface area contributed by atoms with Crippen molar-refractivity contribution in [2.24, 2.45) is 0 Å². The average molecular weight is 244 g/mol. The lowest BCUT2D eigenvalue weighted by Crippen LogP contribution is -2.04. The number of hydrogen-bond acceptors (Lipinski definition) is 3. The van der Waals surface area contributed by atoms with E-state index in [9.17, 15) is 9.36 Å². The van der Waals surface area contributed by atoms with Gasteiger partial charge >= 0.3 is 13.6 Å². The van der Waals surface area contributed by atoms with Gasteiger partial charge in [0.25, 0.3) is 0 Å². The maximum atomic E-state index is 11.3. The van der Waals surface area contributed by atoms with Gasteiger partial charge in [-0.25, -0.2) is 4.79 Å². The van der Waals surface area contributed by atoms with Crippen molar-refractivity contribution >= 4 is 13.6 Å². The lowest BCUT2D eigenvalue weighted by atomic mass is 10.1. The predicted molar refractivity (Wildman–Crippen MR) is 58.1 cm³/mol. The Hall–Kier alpha value is -1.16. The van der Waals surface area contributed by atoms with Crippen LogP contribution in [0.25, 0.3) is 0 Å². The summed E-state index contributed by atoms with van der Waals surface area (Å²) in [5, 5.41) is 0. The van der Waals surface area contributed by atoms with Crippen LogP contribution in [0.4, 0.5) is 0 Å². The quantitative estimate of drug-likeness (QED) is 0.620. The van der Waals surface area contributed by atoms with Crippen LogP contribution in [0.1, 0.15) is 22.8 Å². The fourth-order valence-corrected chi connectivity index (χ4v) is 1.88. The summed E-state index contributed by atoms with van der Waals surface area (Å²) in [5.74, 6) is -0.440. The standard InChI is InChI=1S/C10H13O5P/c1-2-15-10(11)9-5-3-8(4-6-9)7-16(12,13)14/h3-6H,2,7H2,1H3,(H2,12,13,14). The number of hydrogen-bond donors (Lipinski definition) is 2. The summed E-state index contributed by atoms with van der Waals surface area (Å²) in [6, 6.07) is 5.99. The first-order chi connectivity index (χ1) is 7.42. The molecule has 0 aromatic heterocycles. The van der Waals surface area contributed by atoms with Crippen LogP contribution < -0.4 is 0 Å². The highest BCUT2D eigenvalue weighted by atomic mass is 31.2. The second-order valence-corrected chi connectivity index (χ2v) is 4.89. The SMILES string of the molecule is CCOC(=O)c1ccc(CP(=O)(O)O)cc1. The van der Waals surface area contributed by atoms with Crippen molar-refractivity contribution < 1.29 is 23.9 Å². The lowest BCUT2D eigenvalue weighted by Gasteiger charge is -2.05. The zero-order valence-corrected chi connectivity index (χ0v) is 9.68. The van der Waals surface area contributed by atoms with Gasteiger partial charge in [-0.3, -0.25) is 4.57 Å². The van der Waals surface area contributed by atoms with Crippen LogP contribution in [0.3, 0.4) is 0 Å². The number of carbonyl (C=O) groups is 1. The van der Waals surface area contributed by atoms with Crippen molar-refractivity contribution in [2.75, 3.05) is 6.61 Å². The molecule has 0 saturated carbocycles. The third-order valence-electron chi connectivity index (χ3n) is 1.85. The van der Waals surface area contributed by atoms with Crippen LogP contribution in [0, 0.1) is 0 Å². The molecule has 0 unspecified atom stereocenters. The molecular formula is C10H13O5P. The van der Waals surface area contributed by atoms with Crippen molar-refractivity contribution in [3.8, 4) is 0 Å². The van der Waals surface area contributed by atoms with Crippen LogP contribution in [0.5, 0.6) is 0 Å². The molecule has 0 aliphatic heterocycles. The van der Waals surface area contributed by atoms with Gasteiger partial charge in [-0.05, 0) is 24.6 Å². The van der Waals surface area contributed by atoms with E-state index in [2.05, 4.69) is 0 Å². The third kappa shape index (κ3) is 4.14. The van der Waals surface area contributed by atoms with Gasteiger partial charge in [0, 0.05) is 0 Å². The molecule has 0 heterocycles. The Kier molecular flexibility index (Phi) is 4.24. The molecule has 0 aliphatic carbocycles. The molecule has 16 heavy (non-hydrogen) atoms. The van der Waals surface area contributed by atoms with E-state index in [1.807, 2.05) is 0 Å². The van der Waals surface area contributed by atoms with E-state index in [4.69, 9.17) is 14.5 Å². The van der Waals surface area contributed by atoms with Crippen molar-refractivity contribution in [3.63, 3.8) is 0 Å². The normalized spacial score (nSPS) is 11.2. The minimum absolute atomic E-state index is 0.295. The summed E-state index contributed by atoms with van der Waals surface area (Å²) in [6.07, 6.45) is -0.323. The van der Waals surface area contributed by atoms with Gasteiger partial charge in [-0.2, -0.15) is 0 Å². The third-order valence-corrected chi connectivity index (χ3v) is 2.63. The molecule has 0 bridgehead atoms. The zero-order chi connectivity index (χ0) is 12.2. The summed E-state index contributed by atoms with van der Waals surface area (Å²) in [7, 11) is -4.06. The highest BCUT2D eigenvalue weighted by Crippen LogP contribution is 2.38. The summed E-state index contributed by atoms with van der Waals surface area (Å²) in [4.78, 5) is 28.8. The van der Waals surface area contributed by atoms with Crippen molar-refractivity contribution in [1.82, 2.24) is 0 Å². The molecule has 88 valence electrons. The molecule has 5 nitrogen and oxygen atoms in total. The Balaban J connectivity index is 2.75. The summed E-state index contributed by atoms with van der Waals surface area (Å²) >= 11 is 0. The summed E-state index contributed by atoms with van der Waals surface area (Å²) in [5.41, 5.74) is 0.859. The molecule has 0 amide bonds. The van der Waals surface area contributed by atoms with Crippen molar-refractivity contribution in [3.05, 3.63) is 35.4 Å². The number of rotatable bonds is 4. The highest BCUT2D eigenvalue weighted by molar-refractivity contribution is 7.50. The molecule has 1 aromatic rings. The van der Waals surface area contributed by atoms with Gasteiger partial charge in [0.15, 0.2) is 0 Å². The van der Waals surface area contributed by atoms with Crippen LogP contribution in [-0.2, 0) is 15.5 Å². The first kappa shape index (κ1) is 12.9. The molecule has 1 aromatic carbocycles. The molecule has 0 spiro atoms. The smallest absolute Gasteiger partial charge is 0.338 e. The van der Waals surface area contributed by atoms with E-state index in [1.54, 1.807) is 6.92 Å². The topological polar surface area (TPSA) is 83.8 Å². The molecule has 0 atom stereocenters. The molecule has 1 rings (SSSR count). The summed E-state index contributed by atoms with van der Waals surface area (Å²) < 4.78 is 15.5. The molecule has 0 saturated heterocycles. The maximum Gasteiger partial charge on any atom is 0.338 e. The minimum atomic E-state index is -4.06. The molecule has 2 N–H and O–H groups in total. The van der Waals surface area contributed by atoms with Crippen LogP contribution >= 0.6 is 7.60 Å². The first-order valence-corrected chi connectivity index (χ1v) is 6.53. The Morgan fingerprint density at radius 1 is 1.31 bits per heavy atom. The van der Waals surface area contributed by atoms with E-state index in [-0.39, 0.29) is 6.16 Å². The monoisotopic (exact) mass is 244 g/mol. The Morgan fingerprint density at radius 3 is 2.31 bits per heavy atom. The van der Waals surface area contributed by atoms with E-state index in [1.165, 1.54) is 24.3 Å². The Bertz CT molecular complexity index is 406. The molecule has 0 radical (unpaired) electrons. The van der Waals surface area contributed by atoms with Gasteiger partial charge in [0.05, 0.1) is 18.3 Å².